The first-order valence-electron chi connectivity index (χ1n) is 8.46. The summed E-state index contributed by atoms with van der Waals surface area (Å²) in [5.74, 6) is -0.170. The topological polar surface area (TPSA) is 87.3 Å². The number of hydrogen-bond acceptors (Lipinski definition) is 4. The Hall–Kier alpha value is -2.66. The summed E-state index contributed by atoms with van der Waals surface area (Å²) in [4.78, 5) is 11.5. The van der Waals surface area contributed by atoms with E-state index in [1.165, 1.54) is 30.3 Å². The van der Waals surface area contributed by atoms with Gasteiger partial charge < -0.3 is 10.6 Å². The molecule has 3 N–H and O–H groups in total. The average molecular weight is 443 g/mol. The van der Waals surface area contributed by atoms with Gasteiger partial charge in [-0.05, 0) is 67.5 Å². The zero-order chi connectivity index (χ0) is 21.2. The summed E-state index contributed by atoms with van der Waals surface area (Å²) in [5, 5.41) is 5.41. The summed E-state index contributed by atoms with van der Waals surface area (Å²) in [6.07, 6.45) is -2.91. The van der Waals surface area contributed by atoms with E-state index in [0.29, 0.717) is 11.8 Å². The minimum Gasteiger partial charge on any atom is -0.332 e. The van der Waals surface area contributed by atoms with Crippen LogP contribution in [0.5, 0.6) is 0 Å². The van der Waals surface area contributed by atoms with Gasteiger partial charge in [0.25, 0.3) is 10.0 Å². The van der Waals surface area contributed by atoms with Crippen LogP contribution in [0, 0.1) is 5.92 Å². The van der Waals surface area contributed by atoms with E-state index in [9.17, 15) is 26.4 Å². The number of rotatable bonds is 5. The SMILES string of the molecule is O=C(NC(=S)Nc1ccc(S(=O)(=O)Nc2cccc(C(F)(F)F)c2)cc1)C1CC1. The van der Waals surface area contributed by atoms with Gasteiger partial charge in [-0.2, -0.15) is 13.2 Å². The zero-order valence-electron chi connectivity index (χ0n) is 14.8. The number of thiocarbonyl (C=S) groups is 1. The fourth-order valence-electron chi connectivity index (χ4n) is 2.41. The largest absolute Gasteiger partial charge is 0.416 e. The number of carbonyl (C=O) groups excluding carboxylic acids is 1. The molecular formula is C18H16F3N3O3S2. The molecule has 0 aliphatic heterocycles. The molecule has 6 nitrogen and oxygen atoms in total. The monoisotopic (exact) mass is 443 g/mol. The summed E-state index contributed by atoms with van der Waals surface area (Å²) in [5.41, 5.74) is -0.714. The van der Waals surface area contributed by atoms with Gasteiger partial charge in [0, 0.05) is 17.3 Å². The zero-order valence-corrected chi connectivity index (χ0v) is 16.4. The Bertz CT molecular complexity index is 1030. The Labute approximate surface area is 170 Å². The van der Waals surface area contributed by atoms with E-state index in [1.807, 2.05) is 0 Å². The molecule has 0 atom stereocenters. The highest BCUT2D eigenvalue weighted by atomic mass is 32.2. The Balaban J connectivity index is 1.66. The van der Waals surface area contributed by atoms with Crippen LogP contribution in [0.15, 0.2) is 53.4 Å². The van der Waals surface area contributed by atoms with Crippen LogP contribution < -0.4 is 15.4 Å². The minimum absolute atomic E-state index is 0.0100. The van der Waals surface area contributed by atoms with Crippen LogP contribution in [0.25, 0.3) is 0 Å². The fraction of sp³-hybridized carbons (Fsp3) is 0.222. The van der Waals surface area contributed by atoms with Crippen LogP contribution in [0.1, 0.15) is 18.4 Å². The lowest BCUT2D eigenvalue weighted by Crippen LogP contribution is -2.35. The van der Waals surface area contributed by atoms with Crippen molar-refractivity contribution in [3.8, 4) is 0 Å². The van der Waals surface area contributed by atoms with Crippen molar-refractivity contribution in [2.24, 2.45) is 5.92 Å². The van der Waals surface area contributed by atoms with Crippen molar-refractivity contribution in [1.29, 1.82) is 0 Å². The first-order chi connectivity index (χ1) is 13.5. The van der Waals surface area contributed by atoms with Gasteiger partial charge in [0.15, 0.2) is 5.11 Å². The second-order valence-corrected chi connectivity index (χ2v) is 8.52. The van der Waals surface area contributed by atoms with E-state index < -0.39 is 21.8 Å². The second-order valence-electron chi connectivity index (χ2n) is 6.43. The van der Waals surface area contributed by atoms with Gasteiger partial charge in [0.05, 0.1) is 10.5 Å². The minimum atomic E-state index is -4.58. The van der Waals surface area contributed by atoms with E-state index >= 15 is 0 Å². The van der Waals surface area contributed by atoms with Crippen LogP contribution in [-0.4, -0.2) is 19.4 Å². The Morgan fingerprint density at radius 2 is 1.69 bits per heavy atom. The molecule has 1 saturated carbocycles. The van der Waals surface area contributed by atoms with Crippen molar-refractivity contribution in [1.82, 2.24) is 5.32 Å². The van der Waals surface area contributed by atoms with Crippen LogP contribution >= 0.6 is 12.2 Å². The third-order valence-electron chi connectivity index (χ3n) is 4.05. The number of amides is 1. The van der Waals surface area contributed by atoms with Gasteiger partial charge in [-0.3, -0.25) is 9.52 Å². The summed E-state index contributed by atoms with van der Waals surface area (Å²) >= 11 is 5.03. The quantitative estimate of drug-likeness (QED) is 0.613. The molecule has 2 aromatic rings. The van der Waals surface area contributed by atoms with Gasteiger partial charge in [0.1, 0.15) is 0 Å². The van der Waals surface area contributed by atoms with Crippen molar-refractivity contribution < 1.29 is 26.4 Å². The van der Waals surface area contributed by atoms with Crippen molar-refractivity contribution in [3.63, 3.8) is 0 Å². The third-order valence-corrected chi connectivity index (χ3v) is 5.65. The Morgan fingerprint density at radius 3 is 2.28 bits per heavy atom. The highest BCUT2D eigenvalue weighted by molar-refractivity contribution is 7.92. The lowest BCUT2D eigenvalue weighted by molar-refractivity contribution is -0.137. The number of sulfonamides is 1. The maximum Gasteiger partial charge on any atom is 0.416 e. The number of carbonyl (C=O) groups is 1. The summed E-state index contributed by atoms with van der Waals surface area (Å²) in [6, 6.07) is 9.30. The molecule has 0 bridgehead atoms. The molecule has 154 valence electrons. The van der Waals surface area contributed by atoms with Gasteiger partial charge >= 0.3 is 6.18 Å². The van der Waals surface area contributed by atoms with Crippen molar-refractivity contribution >= 4 is 44.6 Å². The molecule has 3 rings (SSSR count). The first kappa shape index (κ1) is 21.1. The second kappa shape index (κ2) is 7.99. The smallest absolute Gasteiger partial charge is 0.332 e. The molecule has 11 heteroatoms. The predicted octanol–water partition coefficient (Wildman–Crippen LogP) is 3.73. The molecular weight excluding hydrogens is 427 g/mol. The van der Waals surface area contributed by atoms with E-state index in [2.05, 4.69) is 15.4 Å². The van der Waals surface area contributed by atoms with Crippen LogP contribution in [0.3, 0.4) is 0 Å². The van der Waals surface area contributed by atoms with E-state index in [-0.39, 0.29) is 27.5 Å². The molecule has 2 aromatic carbocycles. The maximum absolute atomic E-state index is 12.8. The number of hydrogen-bond donors (Lipinski definition) is 3. The van der Waals surface area contributed by atoms with Crippen molar-refractivity contribution in [2.75, 3.05) is 10.0 Å². The number of halogens is 3. The molecule has 0 saturated heterocycles. The molecule has 29 heavy (non-hydrogen) atoms. The van der Waals surface area contributed by atoms with Gasteiger partial charge in [-0.15, -0.1) is 0 Å². The molecule has 0 radical (unpaired) electrons. The normalized spacial score (nSPS) is 14.2. The highest BCUT2D eigenvalue weighted by Gasteiger charge is 2.31. The van der Waals surface area contributed by atoms with Crippen LogP contribution in [0.4, 0.5) is 24.5 Å². The predicted molar refractivity (Wildman–Crippen MR) is 106 cm³/mol. The van der Waals surface area contributed by atoms with E-state index in [0.717, 1.165) is 25.0 Å². The standard InChI is InChI=1S/C18H16F3N3O3S2/c19-18(20,21)12-2-1-3-14(10-12)24-29(26,27)15-8-6-13(7-9-15)22-17(28)23-16(25)11-4-5-11/h1-3,6-11,24H,4-5H2,(H2,22,23,25,28). The number of benzene rings is 2. The molecule has 0 heterocycles. The number of anilines is 2. The average Bonchev–Trinajstić information content (AvgIpc) is 3.46. The summed E-state index contributed by atoms with van der Waals surface area (Å²) in [7, 11) is -4.09. The van der Waals surface area contributed by atoms with Crippen LogP contribution in [-0.2, 0) is 21.0 Å². The van der Waals surface area contributed by atoms with E-state index in [4.69, 9.17) is 12.2 Å². The van der Waals surface area contributed by atoms with E-state index in [1.54, 1.807) is 0 Å². The lowest BCUT2D eigenvalue weighted by atomic mass is 10.2. The lowest BCUT2D eigenvalue weighted by Gasteiger charge is -2.12. The first-order valence-corrected chi connectivity index (χ1v) is 10.4. The molecule has 0 unspecified atom stereocenters. The van der Waals surface area contributed by atoms with Crippen molar-refractivity contribution in [3.05, 3.63) is 54.1 Å². The fourth-order valence-corrected chi connectivity index (χ4v) is 3.68. The molecule has 1 amide bonds. The summed E-state index contributed by atoms with van der Waals surface area (Å²) < 4.78 is 65.3. The highest BCUT2D eigenvalue weighted by Crippen LogP contribution is 2.31. The summed E-state index contributed by atoms with van der Waals surface area (Å²) in [6.45, 7) is 0. The van der Waals surface area contributed by atoms with Gasteiger partial charge in [-0.25, -0.2) is 8.42 Å². The molecule has 0 aromatic heterocycles. The van der Waals surface area contributed by atoms with Crippen molar-refractivity contribution in [2.45, 2.75) is 23.9 Å². The Morgan fingerprint density at radius 1 is 1.03 bits per heavy atom. The van der Waals surface area contributed by atoms with Gasteiger partial charge in [-0.1, -0.05) is 6.07 Å². The van der Waals surface area contributed by atoms with Gasteiger partial charge in [0.2, 0.25) is 5.91 Å². The van der Waals surface area contributed by atoms with Crippen LogP contribution in [0.2, 0.25) is 0 Å². The molecule has 1 aliphatic carbocycles. The molecule has 1 aliphatic rings. The molecule has 0 spiro atoms. The molecule has 1 fully saturated rings. The Kier molecular flexibility index (Phi) is 5.80. The number of alkyl halides is 3. The maximum atomic E-state index is 12.8. The number of nitrogens with one attached hydrogen (secondary N) is 3. The third kappa shape index (κ3) is 5.67.